The molecule has 0 bridgehead atoms. The van der Waals surface area contributed by atoms with Crippen molar-refractivity contribution in [2.45, 2.75) is 6.92 Å². The number of hydrazone groups is 1. The molecule has 0 atom stereocenters. The van der Waals surface area contributed by atoms with Gasteiger partial charge in [-0.2, -0.15) is 5.10 Å². The smallest absolute Gasteiger partial charge is 0.323 e. The van der Waals surface area contributed by atoms with Crippen LogP contribution in [0, 0.1) is 6.92 Å². The number of carbonyl (C=O) groups is 2. The first-order valence-electron chi connectivity index (χ1n) is 14.8. The van der Waals surface area contributed by atoms with E-state index >= 15 is 0 Å². The van der Waals surface area contributed by atoms with Crippen LogP contribution in [0.5, 0.6) is 0 Å². The molecule has 1 saturated heterocycles. The number of carboxylic acid groups (broad SMARTS) is 1. The Hall–Kier alpha value is -5.51. The number of nitrogens with zero attached hydrogens (tertiary/aromatic N) is 4. The Morgan fingerprint density at radius 3 is 1.83 bits per heavy atom. The molecule has 0 saturated carbocycles. The minimum atomic E-state index is -1.11. The summed E-state index contributed by atoms with van der Waals surface area (Å²) < 4.78 is 0.237. The van der Waals surface area contributed by atoms with E-state index in [4.69, 9.17) is 22.4 Å². The molecule has 0 radical (unpaired) electrons. The predicted molar refractivity (Wildman–Crippen MR) is 196 cm³/mol. The Bertz CT molecular complexity index is 1950. The lowest BCUT2D eigenvalue weighted by atomic mass is 10.1. The molecule has 0 unspecified atom stereocenters. The number of hydrogen-bond donors (Lipinski definition) is 1. The molecule has 1 N–H and O–H groups in total. The quantitative estimate of drug-likeness (QED) is 0.0698. The van der Waals surface area contributed by atoms with Crippen LogP contribution in [0.15, 0.2) is 143 Å². The maximum absolute atomic E-state index is 12.7. The number of benzene rings is 5. The van der Waals surface area contributed by atoms with E-state index in [2.05, 4.69) is 72.5 Å². The SMILES string of the molecule is Cc1ccc(N(c2ccccc2)c2ccc(C=NN(c3ccccc3)c3ccc(C=C4SC(=S)N(CC(=O)O)C4=O)cc3)cc2)cc1. The zero-order valence-corrected chi connectivity index (χ0v) is 27.1. The number of aliphatic carboxylic acids is 1. The Balaban J connectivity index is 1.25. The van der Waals surface area contributed by atoms with E-state index in [1.54, 1.807) is 6.08 Å². The third-order valence-corrected chi connectivity index (χ3v) is 8.76. The first-order chi connectivity index (χ1) is 22.9. The van der Waals surface area contributed by atoms with Crippen molar-refractivity contribution in [1.29, 1.82) is 0 Å². The second kappa shape index (κ2) is 14.3. The molecule has 0 aliphatic carbocycles. The van der Waals surface area contributed by atoms with Crippen LogP contribution in [0.4, 0.5) is 28.4 Å². The molecule has 5 aromatic carbocycles. The van der Waals surface area contributed by atoms with Crippen LogP contribution in [-0.2, 0) is 9.59 Å². The molecular weight excluding hydrogens is 625 g/mol. The van der Waals surface area contributed by atoms with Crippen molar-refractivity contribution in [3.63, 3.8) is 0 Å². The Labute approximate surface area is 283 Å². The van der Waals surface area contributed by atoms with Crippen LogP contribution in [0.2, 0.25) is 0 Å². The highest BCUT2D eigenvalue weighted by Gasteiger charge is 2.33. The van der Waals surface area contributed by atoms with E-state index in [1.165, 1.54) is 5.56 Å². The van der Waals surface area contributed by atoms with Crippen LogP contribution in [-0.4, -0.2) is 39.0 Å². The summed E-state index contributed by atoms with van der Waals surface area (Å²) in [7, 11) is 0. The normalized spacial score (nSPS) is 13.8. The number of carboxylic acids is 1. The summed E-state index contributed by atoms with van der Waals surface area (Å²) in [6.07, 6.45) is 3.55. The van der Waals surface area contributed by atoms with E-state index in [1.807, 2.05) is 84.0 Å². The highest BCUT2D eigenvalue weighted by atomic mass is 32.2. The fourth-order valence-corrected chi connectivity index (χ4v) is 6.29. The summed E-state index contributed by atoms with van der Waals surface area (Å²) in [6, 6.07) is 44.6. The molecule has 1 aliphatic heterocycles. The second-order valence-electron chi connectivity index (χ2n) is 10.7. The zero-order valence-electron chi connectivity index (χ0n) is 25.4. The van der Waals surface area contributed by atoms with Crippen molar-refractivity contribution in [2.75, 3.05) is 16.5 Å². The van der Waals surface area contributed by atoms with E-state index in [0.29, 0.717) is 4.91 Å². The number of carbonyl (C=O) groups excluding carboxylic acids is 1. The average Bonchev–Trinajstić information content (AvgIpc) is 3.35. The number of thioether (sulfide) groups is 1. The van der Waals surface area contributed by atoms with Crippen molar-refractivity contribution < 1.29 is 14.7 Å². The molecule has 5 aromatic rings. The number of para-hydroxylation sites is 2. The summed E-state index contributed by atoms with van der Waals surface area (Å²) >= 11 is 6.32. The molecule has 7 nitrogen and oxygen atoms in total. The topological polar surface area (TPSA) is 76.4 Å². The lowest BCUT2D eigenvalue weighted by Gasteiger charge is -2.25. The van der Waals surface area contributed by atoms with E-state index in [-0.39, 0.29) is 4.32 Å². The van der Waals surface area contributed by atoms with Gasteiger partial charge >= 0.3 is 5.97 Å². The van der Waals surface area contributed by atoms with Crippen LogP contribution in [0.1, 0.15) is 16.7 Å². The molecule has 1 heterocycles. The molecule has 6 rings (SSSR count). The van der Waals surface area contributed by atoms with Crippen molar-refractivity contribution in [3.8, 4) is 0 Å². The number of rotatable bonds is 10. The first-order valence-corrected chi connectivity index (χ1v) is 16.1. The molecular formula is C38H30N4O3S2. The summed E-state index contributed by atoms with van der Waals surface area (Å²) in [5.41, 5.74) is 7.83. The van der Waals surface area contributed by atoms with Gasteiger partial charge < -0.3 is 10.0 Å². The van der Waals surface area contributed by atoms with E-state index in [0.717, 1.165) is 56.2 Å². The summed E-state index contributed by atoms with van der Waals surface area (Å²) in [5.74, 6) is -1.51. The van der Waals surface area contributed by atoms with Gasteiger partial charge in [-0.25, -0.2) is 5.01 Å². The van der Waals surface area contributed by atoms with Crippen molar-refractivity contribution in [1.82, 2.24) is 4.90 Å². The third-order valence-electron chi connectivity index (χ3n) is 7.38. The van der Waals surface area contributed by atoms with Gasteiger partial charge in [0.15, 0.2) is 0 Å². The highest BCUT2D eigenvalue weighted by molar-refractivity contribution is 8.26. The van der Waals surface area contributed by atoms with Crippen LogP contribution in [0.3, 0.4) is 0 Å². The minimum Gasteiger partial charge on any atom is -0.480 e. The lowest BCUT2D eigenvalue weighted by Crippen LogP contribution is -2.33. The maximum atomic E-state index is 12.7. The number of anilines is 5. The van der Waals surface area contributed by atoms with Gasteiger partial charge in [-0.15, -0.1) is 0 Å². The maximum Gasteiger partial charge on any atom is 0.323 e. The van der Waals surface area contributed by atoms with Crippen LogP contribution >= 0.6 is 24.0 Å². The van der Waals surface area contributed by atoms with Gasteiger partial charge in [-0.3, -0.25) is 14.5 Å². The zero-order chi connectivity index (χ0) is 32.8. The first kappa shape index (κ1) is 31.5. The van der Waals surface area contributed by atoms with E-state index in [9.17, 15) is 9.59 Å². The molecule has 1 fully saturated rings. The van der Waals surface area contributed by atoms with Gasteiger partial charge in [0.1, 0.15) is 10.9 Å². The van der Waals surface area contributed by atoms with Gasteiger partial charge in [-0.05, 0) is 84.8 Å². The number of aryl methyl sites for hydroxylation is 1. The Morgan fingerprint density at radius 2 is 1.23 bits per heavy atom. The number of thiocarbonyl (C=S) groups is 1. The molecule has 1 amide bonds. The Kier molecular flexibility index (Phi) is 9.56. The van der Waals surface area contributed by atoms with Crippen LogP contribution < -0.4 is 9.91 Å². The molecule has 47 heavy (non-hydrogen) atoms. The second-order valence-corrected chi connectivity index (χ2v) is 12.4. The standard InChI is InChI=1S/C38H30N4O3S2/c1-27-12-18-31(19-13-27)41(30-8-4-2-5-9-30)32-20-16-29(17-21-32)25-39-42(33-10-6-3-7-11-33)34-22-14-28(15-23-34)24-35-37(45)40(26-36(43)44)38(46)47-35/h2-25H,26H2,1H3,(H,43,44). The van der Waals surface area contributed by atoms with Crippen molar-refractivity contribution in [2.24, 2.45) is 5.10 Å². The summed E-state index contributed by atoms with van der Waals surface area (Å²) in [6.45, 7) is 1.63. The number of hydrogen-bond acceptors (Lipinski definition) is 7. The lowest BCUT2D eigenvalue weighted by molar-refractivity contribution is -0.140. The van der Waals surface area contributed by atoms with Crippen molar-refractivity contribution in [3.05, 3.63) is 155 Å². The third kappa shape index (κ3) is 7.49. The fourth-order valence-electron chi connectivity index (χ4n) is 5.04. The Morgan fingerprint density at radius 1 is 0.745 bits per heavy atom. The summed E-state index contributed by atoms with van der Waals surface area (Å²) in [4.78, 5) is 27.6. The van der Waals surface area contributed by atoms with Gasteiger partial charge in [0.2, 0.25) is 0 Å². The molecule has 0 aromatic heterocycles. The molecule has 232 valence electrons. The molecule has 9 heteroatoms. The highest BCUT2D eigenvalue weighted by Crippen LogP contribution is 2.35. The summed E-state index contributed by atoms with van der Waals surface area (Å²) in [5, 5.41) is 15.8. The fraction of sp³-hybridized carbons (Fsp3) is 0.0526. The number of amides is 1. The van der Waals surface area contributed by atoms with Crippen LogP contribution in [0.25, 0.3) is 6.08 Å². The monoisotopic (exact) mass is 654 g/mol. The van der Waals surface area contributed by atoms with Gasteiger partial charge in [-0.1, -0.05) is 102 Å². The largest absolute Gasteiger partial charge is 0.480 e. The predicted octanol–water partition coefficient (Wildman–Crippen LogP) is 8.92. The van der Waals surface area contributed by atoms with E-state index < -0.39 is 18.4 Å². The average molecular weight is 655 g/mol. The van der Waals surface area contributed by atoms with Crippen molar-refractivity contribution >= 4 is 80.9 Å². The minimum absolute atomic E-state index is 0.237. The van der Waals surface area contributed by atoms with Gasteiger partial charge in [0, 0.05) is 17.1 Å². The molecule has 1 aliphatic rings. The molecule has 0 spiro atoms. The van der Waals surface area contributed by atoms with Gasteiger partial charge in [0.25, 0.3) is 5.91 Å². The van der Waals surface area contributed by atoms with Gasteiger partial charge in [0.05, 0.1) is 22.5 Å².